The first kappa shape index (κ1) is 8.95. The second kappa shape index (κ2) is 2.95. The number of aromatic amines is 2. The number of nitrogens with one attached hydrogen (secondary N) is 3. The fraction of sp³-hybridized carbons (Fsp3) is 0.571. The molecule has 1 aromatic heterocycles. The van der Waals surface area contributed by atoms with E-state index in [4.69, 9.17) is 5.73 Å². The molecular weight excluding hydrogens is 186 g/mol. The zero-order chi connectivity index (χ0) is 10.2. The fourth-order valence-corrected chi connectivity index (χ4v) is 1.21. The van der Waals surface area contributed by atoms with Crippen LogP contribution in [-0.2, 0) is 0 Å². The molecule has 1 aliphatic carbocycles. The molecule has 0 aliphatic heterocycles. The molecule has 0 saturated heterocycles. The molecule has 0 amide bonds. The van der Waals surface area contributed by atoms with E-state index in [9.17, 15) is 9.59 Å². The predicted molar refractivity (Wildman–Crippen MR) is 50.1 cm³/mol. The van der Waals surface area contributed by atoms with Gasteiger partial charge in [-0.2, -0.15) is 0 Å². The van der Waals surface area contributed by atoms with Gasteiger partial charge in [-0.3, -0.25) is 9.78 Å². The number of anilines is 1. The van der Waals surface area contributed by atoms with Crippen molar-refractivity contribution in [2.24, 2.45) is 5.73 Å². The van der Waals surface area contributed by atoms with Crippen LogP contribution in [0, 0.1) is 0 Å². The summed E-state index contributed by atoms with van der Waals surface area (Å²) in [7, 11) is 0. The minimum atomic E-state index is -0.613. The second-order valence-corrected chi connectivity index (χ2v) is 3.46. The van der Waals surface area contributed by atoms with Gasteiger partial charge in [0.1, 0.15) is 0 Å². The van der Waals surface area contributed by atoms with Crippen LogP contribution >= 0.6 is 0 Å². The predicted octanol–water partition coefficient (Wildman–Crippen LogP) is -1.64. The first-order valence-electron chi connectivity index (χ1n) is 4.32. The molecule has 0 unspecified atom stereocenters. The number of aromatic nitrogens is 3. The minimum absolute atomic E-state index is 0.118. The van der Waals surface area contributed by atoms with Crippen molar-refractivity contribution in [1.82, 2.24) is 15.2 Å². The fourth-order valence-electron chi connectivity index (χ4n) is 1.21. The van der Waals surface area contributed by atoms with E-state index >= 15 is 0 Å². The van der Waals surface area contributed by atoms with E-state index in [1.54, 1.807) is 0 Å². The average molecular weight is 197 g/mol. The van der Waals surface area contributed by atoms with E-state index in [-0.39, 0.29) is 11.4 Å². The van der Waals surface area contributed by atoms with Gasteiger partial charge in [-0.1, -0.05) is 0 Å². The monoisotopic (exact) mass is 197 g/mol. The maximum atomic E-state index is 11.2. The first-order valence-corrected chi connectivity index (χ1v) is 4.32. The molecule has 0 aromatic carbocycles. The van der Waals surface area contributed by atoms with Gasteiger partial charge in [-0.25, -0.2) is 9.89 Å². The molecule has 0 spiro atoms. The Kier molecular flexibility index (Phi) is 1.88. The number of nitrogens with two attached hydrogens (primary N) is 1. The van der Waals surface area contributed by atoms with E-state index in [0.29, 0.717) is 6.54 Å². The Labute approximate surface area is 78.7 Å². The summed E-state index contributed by atoms with van der Waals surface area (Å²) in [5, 5.41) is 8.68. The molecule has 14 heavy (non-hydrogen) atoms. The highest BCUT2D eigenvalue weighted by Gasteiger charge is 2.42. The maximum absolute atomic E-state index is 11.2. The third-order valence-electron chi connectivity index (χ3n) is 2.34. The summed E-state index contributed by atoms with van der Waals surface area (Å²) in [6.45, 7) is 0.452. The number of hydrogen-bond acceptors (Lipinski definition) is 5. The second-order valence-electron chi connectivity index (χ2n) is 3.46. The molecule has 5 N–H and O–H groups in total. The normalized spacial score (nSPS) is 17.8. The third kappa shape index (κ3) is 1.53. The molecule has 2 rings (SSSR count). The van der Waals surface area contributed by atoms with Crippen LogP contribution in [0.3, 0.4) is 0 Å². The van der Waals surface area contributed by atoms with E-state index in [0.717, 1.165) is 12.8 Å². The van der Waals surface area contributed by atoms with Crippen molar-refractivity contribution in [1.29, 1.82) is 0 Å². The van der Waals surface area contributed by atoms with Crippen molar-refractivity contribution in [3.05, 3.63) is 20.8 Å². The molecule has 1 heterocycles. The third-order valence-corrected chi connectivity index (χ3v) is 2.34. The van der Waals surface area contributed by atoms with Gasteiger partial charge in [0.15, 0.2) is 0 Å². The van der Waals surface area contributed by atoms with Gasteiger partial charge in [0, 0.05) is 6.54 Å². The summed E-state index contributed by atoms with van der Waals surface area (Å²) in [4.78, 5) is 24.0. The quantitative estimate of drug-likeness (QED) is 0.463. The molecular formula is C7H11N5O2. The Hall–Kier alpha value is -1.63. The molecule has 1 fully saturated rings. The molecule has 7 nitrogen and oxygen atoms in total. The molecule has 0 bridgehead atoms. The van der Waals surface area contributed by atoms with E-state index in [1.807, 2.05) is 0 Å². The van der Waals surface area contributed by atoms with Crippen LogP contribution in [0.4, 0.5) is 5.82 Å². The maximum Gasteiger partial charge on any atom is 0.342 e. The largest absolute Gasteiger partial charge is 0.357 e. The Bertz CT molecular complexity index is 444. The summed E-state index contributed by atoms with van der Waals surface area (Å²) in [6.07, 6.45) is 1.84. The van der Waals surface area contributed by atoms with Crippen LogP contribution < -0.4 is 22.3 Å². The Balaban J connectivity index is 2.26. The van der Waals surface area contributed by atoms with Gasteiger partial charge >= 0.3 is 5.69 Å². The van der Waals surface area contributed by atoms with Crippen molar-refractivity contribution in [2.45, 2.75) is 18.4 Å². The Morgan fingerprint density at radius 3 is 2.71 bits per heavy atom. The van der Waals surface area contributed by atoms with Crippen LogP contribution in [0.5, 0.6) is 0 Å². The molecule has 0 atom stereocenters. The standard InChI is InChI=1S/C7H11N5O2/c8-3-7(1-2-7)10-4-5(13)9-6(14)12-11-4/h1-3,8H2,(H,10,11)(H2,9,12,13,14). The van der Waals surface area contributed by atoms with E-state index < -0.39 is 11.2 Å². The van der Waals surface area contributed by atoms with Crippen molar-refractivity contribution in [3.63, 3.8) is 0 Å². The van der Waals surface area contributed by atoms with Crippen molar-refractivity contribution >= 4 is 5.82 Å². The highest BCUT2D eigenvalue weighted by molar-refractivity contribution is 5.37. The van der Waals surface area contributed by atoms with Crippen molar-refractivity contribution < 1.29 is 0 Å². The van der Waals surface area contributed by atoms with Crippen molar-refractivity contribution in [3.8, 4) is 0 Å². The minimum Gasteiger partial charge on any atom is -0.357 e. The zero-order valence-corrected chi connectivity index (χ0v) is 7.46. The van der Waals surface area contributed by atoms with Gasteiger partial charge in [0.25, 0.3) is 5.56 Å². The molecule has 1 aromatic rings. The summed E-state index contributed by atoms with van der Waals surface area (Å²) in [5.74, 6) is 0.118. The number of hydrogen-bond donors (Lipinski definition) is 4. The summed E-state index contributed by atoms with van der Waals surface area (Å²) < 4.78 is 0. The molecule has 7 heteroatoms. The van der Waals surface area contributed by atoms with Crippen LogP contribution in [0.15, 0.2) is 9.59 Å². The van der Waals surface area contributed by atoms with Gasteiger partial charge in [-0.15, -0.1) is 5.10 Å². The van der Waals surface area contributed by atoms with Gasteiger partial charge in [0.2, 0.25) is 5.82 Å². The van der Waals surface area contributed by atoms with Gasteiger partial charge < -0.3 is 11.1 Å². The van der Waals surface area contributed by atoms with E-state index in [1.165, 1.54) is 0 Å². The Morgan fingerprint density at radius 2 is 2.21 bits per heavy atom. The molecule has 1 saturated carbocycles. The molecule has 76 valence electrons. The summed E-state index contributed by atoms with van der Waals surface area (Å²) in [6, 6.07) is 0. The van der Waals surface area contributed by atoms with Crippen LogP contribution in [-0.4, -0.2) is 27.3 Å². The zero-order valence-electron chi connectivity index (χ0n) is 7.46. The lowest BCUT2D eigenvalue weighted by Gasteiger charge is -2.13. The number of H-pyrrole nitrogens is 2. The summed E-state index contributed by atoms with van der Waals surface area (Å²) >= 11 is 0. The molecule has 1 aliphatic rings. The van der Waals surface area contributed by atoms with Crippen molar-refractivity contribution in [2.75, 3.05) is 11.9 Å². The SMILES string of the molecule is NCC1(Nc2n[nH]c(=O)[nH]c2=O)CC1. The van der Waals surface area contributed by atoms with Crippen LogP contribution in [0.2, 0.25) is 0 Å². The van der Waals surface area contributed by atoms with E-state index in [2.05, 4.69) is 20.5 Å². The Morgan fingerprint density at radius 1 is 1.50 bits per heavy atom. The summed E-state index contributed by atoms with van der Waals surface area (Å²) in [5.41, 5.74) is 4.19. The number of rotatable bonds is 3. The number of nitrogens with zero attached hydrogens (tertiary/aromatic N) is 1. The lowest BCUT2D eigenvalue weighted by Crippen LogP contribution is -2.36. The average Bonchev–Trinajstić information content (AvgIpc) is 2.91. The highest BCUT2D eigenvalue weighted by atomic mass is 16.2. The lowest BCUT2D eigenvalue weighted by molar-refractivity contribution is 0.724. The lowest BCUT2D eigenvalue weighted by atomic mass is 10.3. The van der Waals surface area contributed by atoms with Gasteiger partial charge in [-0.05, 0) is 12.8 Å². The molecule has 0 radical (unpaired) electrons. The highest BCUT2D eigenvalue weighted by Crippen LogP contribution is 2.36. The smallest absolute Gasteiger partial charge is 0.342 e. The van der Waals surface area contributed by atoms with Gasteiger partial charge in [0.05, 0.1) is 5.54 Å². The van der Waals surface area contributed by atoms with Crippen LogP contribution in [0.25, 0.3) is 0 Å². The van der Waals surface area contributed by atoms with Crippen LogP contribution in [0.1, 0.15) is 12.8 Å². The first-order chi connectivity index (χ1) is 6.65. The topological polar surface area (TPSA) is 117 Å².